The number of carbonyl (C=O) groups excluding carboxylic acids is 1. The largest absolute Gasteiger partial charge is 0.516 e. The molecule has 0 heterocycles. The summed E-state index contributed by atoms with van der Waals surface area (Å²) in [7, 11) is -5.49. The van der Waals surface area contributed by atoms with Gasteiger partial charge in [0.25, 0.3) is 0 Å². The van der Waals surface area contributed by atoms with Crippen molar-refractivity contribution in [2.75, 3.05) is 10.0 Å². The van der Waals surface area contributed by atoms with E-state index in [0.29, 0.717) is 11.1 Å². The van der Waals surface area contributed by atoms with Crippen molar-refractivity contribution >= 4 is 78.7 Å². The van der Waals surface area contributed by atoms with Crippen LogP contribution in [0.5, 0.6) is 0 Å². The number of halogens is 3. The topological polar surface area (TPSA) is 75.3 Å². The van der Waals surface area contributed by atoms with Gasteiger partial charge in [0.15, 0.2) is 0 Å². The molecule has 113 valence electrons. The van der Waals surface area contributed by atoms with Crippen molar-refractivity contribution < 1.29 is 26.4 Å². The van der Waals surface area contributed by atoms with E-state index in [1.165, 1.54) is 24.6 Å². The second-order valence-corrected chi connectivity index (χ2v) is 5.89. The molecule has 0 atom stereocenters. The number of nitrogens with one attached hydrogen (secondary N) is 2. The van der Waals surface area contributed by atoms with E-state index in [1.54, 1.807) is 6.92 Å². The summed E-state index contributed by atoms with van der Waals surface area (Å²) in [5, 5.41) is 2.41. The Labute approximate surface area is 163 Å². The van der Waals surface area contributed by atoms with Crippen LogP contribution < -0.4 is 10.0 Å². The number of anilines is 2. The Balaban J connectivity index is 0.00000400. The molecule has 0 saturated carbocycles. The molecule has 0 aliphatic rings. The normalized spacial score (nSPS) is 11.5. The van der Waals surface area contributed by atoms with Crippen LogP contribution in [-0.2, 0) is 14.8 Å². The molecular weight excluding hydrogens is 336 g/mol. The predicted molar refractivity (Wildman–Crippen MR) is 74.6 cm³/mol. The molecule has 0 spiro atoms. The smallest absolute Gasteiger partial charge is 0.326 e. The molecule has 21 heavy (non-hydrogen) atoms. The molecule has 0 unspecified atom stereocenters. The molecule has 1 radical (unpaired) electrons. The van der Waals surface area contributed by atoms with Gasteiger partial charge in [0, 0.05) is 64.0 Å². The maximum atomic E-state index is 12.3. The Morgan fingerprint density at radius 3 is 2.00 bits per heavy atom. The Kier molecular flexibility index (Phi) is 7.37. The summed E-state index contributed by atoms with van der Waals surface area (Å²) >= 11 is 0. The van der Waals surface area contributed by atoms with E-state index in [0.717, 1.165) is 6.07 Å². The maximum Gasteiger partial charge on any atom is 0.516 e. The van der Waals surface area contributed by atoms with Crippen molar-refractivity contribution in [3.05, 3.63) is 23.3 Å². The number of alkyl halides is 3. The number of amides is 1. The summed E-state index contributed by atoms with van der Waals surface area (Å²) in [4.78, 5) is 11.0. The molecule has 0 fully saturated rings. The average Bonchev–Trinajstić information content (AvgIpc) is 2.22. The van der Waals surface area contributed by atoms with Gasteiger partial charge in [-0.15, -0.1) is 0 Å². The third-order valence-corrected chi connectivity index (χ3v) is 3.53. The van der Waals surface area contributed by atoms with Crippen molar-refractivity contribution in [3.63, 3.8) is 0 Å². The third kappa shape index (κ3) is 5.53. The first-order valence-corrected chi connectivity index (χ1v) is 6.90. The monoisotopic (exact) mass is 349 g/mol. The Morgan fingerprint density at radius 2 is 1.57 bits per heavy atom. The number of rotatable bonds is 3. The van der Waals surface area contributed by atoms with E-state index < -0.39 is 21.4 Å². The second kappa shape index (κ2) is 7.42. The Morgan fingerprint density at radius 1 is 1.10 bits per heavy atom. The molecule has 0 aromatic heterocycles. The van der Waals surface area contributed by atoms with Gasteiger partial charge in [-0.25, -0.2) is 0 Å². The van der Waals surface area contributed by atoms with Crippen molar-refractivity contribution in [1.82, 2.24) is 0 Å². The number of benzene rings is 1. The quantitative estimate of drug-likeness (QED) is 0.821. The fourth-order valence-corrected chi connectivity index (χ4v) is 2.11. The molecule has 0 saturated heterocycles. The van der Waals surface area contributed by atoms with E-state index in [4.69, 9.17) is 0 Å². The molecule has 0 aliphatic carbocycles. The van der Waals surface area contributed by atoms with Gasteiger partial charge < -0.3 is 5.32 Å². The van der Waals surface area contributed by atoms with Crippen molar-refractivity contribution in [2.24, 2.45) is 0 Å². The number of hydrogen-bond donors (Lipinski definition) is 2. The number of aryl methyl sites for hydroxylation is 2. The SMILES string of the molecule is CC(=O)Nc1cc(NS(=O)(=O)C(F)(F)F)c(C)cc1C.[K]. The summed E-state index contributed by atoms with van der Waals surface area (Å²) in [6.45, 7) is 4.33. The summed E-state index contributed by atoms with van der Waals surface area (Å²) in [5.74, 6) is -0.415. The average molecular weight is 349 g/mol. The molecule has 1 amide bonds. The van der Waals surface area contributed by atoms with Crippen LogP contribution in [0.3, 0.4) is 0 Å². The fourth-order valence-electron chi connectivity index (χ4n) is 1.49. The zero-order valence-electron chi connectivity index (χ0n) is 11.9. The van der Waals surface area contributed by atoms with Crippen LogP contribution in [0.25, 0.3) is 0 Å². The number of hydrogen-bond acceptors (Lipinski definition) is 3. The van der Waals surface area contributed by atoms with Gasteiger partial charge in [-0.3, -0.25) is 9.52 Å². The van der Waals surface area contributed by atoms with Gasteiger partial charge in [-0.2, -0.15) is 21.6 Å². The molecule has 1 aromatic carbocycles. The van der Waals surface area contributed by atoms with Gasteiger partial charge in [-0.1, -0.05) is 6.07 Å². The van der Waals surface area contributed by atoms with Crippen LogP contribution in [0.15, 0.2) is 12.1 Å². The summed E-state index contributed by atoms with van der Waals surface area (Å²) in [6, 6.07) is 2.62. The predicted octanol–water partition coefficient (Wildman–Crippen LogP) is 2.14. The van der Waals surface area contributed by atoms with Gasteiger partial charge in [0.2, 0.25) is 5.91 Å². The van der Waals surface area contributed by atoms with Crippen molar-refractivity contribution in [1.29, 1.82) is 0 Å². The molecule has 1 rings (SSSR count). The van der Waals surface area contributed by atoms with E-state index >= 15 is 0 Å². The van der Waals surface area contributed by atoms with Gasteiger partial charge >= 0.3 is 15.5 Å². The van der Waals surface area contributed by atoms with Crippen molar-refractivity contribution in [3.8, 4) is 0 Å². The minimum absolute atomic E-state index is 0. The first kappa shape index (κ1) is 20.9. The van der Waals surface area contributed by atoms with Crippen LogP contribution in [0.1, 0.15) is 18.1 Å². The minimum atomic E-state index is -5.49. The summed E-state index contributed by atoms with van der Waals surface area (Å²) < 4.78 is 60.6. The molecule has 1 aromatic rings. The molecule has 0 bridgehead atoms. The summed E-state index contributed by atoms with van der Waals surface area (Å²) in [6.07, 6.45) is 0. The van der Waals surface area contributed by atoms with E-state index in [-0.39, 0.29) is 62.8 Å². The molecule has 10 heteroatoms. The van der Waals surface area contributed by atoms with Crippen LogP contribution in [0.2, 0.25) is 0 Å². The van der Waals surface area contributed by atoms with E-state index in [1.807, 2.05) is 0 Å². The first-order chi connectivity index (χ1) is 8.94. The molecular formula is C11H13F3KN2O3S. The molecule has 0 aliphatic heterocycles. The second-order valence-electron chi connectivity index (χ2n) is 4.21. The molecule has 2 N–H and O–H groups in total. The van der Waals surface area contributed by atoms with Gasteiger partial charge in [0.05, 0.1) is 5.69 Å². The van der Waals surface area contributed by atoms with Crippen LogP contribution in [0.4, 0.5) is 24.5 Å². The fraction of sp³-hybridized carbons (Fsp3) is 0.364. The van der Waals surface area contributed by atoms with Crippen LogP contribution in [0, 0.1) is 13.8 Å². The standard InChI is InChI=1S/C11H13F3N2O3S.K/c1-6-4-7(2)10(5-9(6)15-8(3)17)16-20(18,19)11(12,13)14;/h4-5,16H,1-3H3,(H,15,17);. The zero-order valence-corrected chi connectivity index (χ0v) is 15.9. The number of sulfonamides is 1. The molecule has 5 nitrogen and oxygen atoms in total. The van der Waals surface area contributed by atoms with Crippen LogP contribution in [-0.4, -0.2) is 71.2 Å². The maximum absolute atomic E-state index is 12.3. The summed E-state index contributed by atoms with van der Waals surface area (Å²) in [5.41, 5.74) is -4.49. The zero-order chi connectivity index (χ0) is 15.7. The van der Waals surface area contributed by atoms with Gasteiger partial charge in [-0.05, 0) is 31.0 Å². The Hall–Kier alpha value is -0.134. The first-order valence-electron chi connectivity index (χ1n) is 5.42. The third-order valence-electron chi connectivity index (χ3n) is 2.43. The number of carbonyl (C=O) groups is 1. The minimum Gasteiger partial charge on any atom is -0.326 e. The van der Waals surface area contributed by atoms with Crippen LogP contribution >= 0.6 is 0 Å². The van der Waals surface area contributed by atoms with Crippen molar-refractivity contribution in [2.45, 2.75) is 26.3 Å². The van der Waals surface area contributed by atoms with E-state index in [9.17, 15) is 26.4 Å². The van der Waals surface area contributed by atoms with Gasteiger partial charge in [0.1, 0.15) is 0 Å². The Bertz CT molecular complexity index is 645. The van der Waals surface area contributed by atoms with E-state index in [2.05, 4.69) is 5.32 Å².